The molecule has 0 unspecified atom stereocenters. The van der Waals surface area contributed by atoms with Crippen molar-refractivity contribution >= 4 is 29.8 Å². The maximum atomic E-state index is 10.9. The Balaban J connectivity index is -0.000000522. The molecular weight excluding hydrogens is 1660 g/mol. The van der Waals surface area contributed by atoms with Crippen molar-refractivity contribution in [3.8, 4) is 0 Å². The fraction of sp³-hybridized carbons (Fsp3) is 0.880. The molecule has 0 aliphatic carbocycles. The number of unbranched alkanes of at least 4 members (excludes halogenated alkanes) is 95. The zero-order valence-corrected chi connectivity index (χ0v) is 92.3. The topological polar surface area (TPSA) is 132 Å². The van der Waals surface area contributed by atoms with Gasteiger partial charge in [0.15, 0.2) is 0 Å². The van der Waals surface area contributed by atoms with Crippen LogP contribution in [0.1, 0.15) is 677 Å². The summed E-state index contributed by atoms with van der Waals surface area (Å²) in [6, 6.07) is 0. The van der Waals surface area contributed by atoms with Crippen LogP contribution in [0.3, 0.4) is 0 Å². The third-order valence-electron chi connectivity index (χ3n) is 27.0. The first-order chi connectivity index (χ1) is 66.5. The Labute approximate surface area is 845 Å². The molecule has 800 valence electrons. The van der Waals surface area contributed by atoms with Gasteiger partial charge in [-0.1, -0.05) is 677 Å². The highest BCUT2D eigenvalue weighted by atomic mass is 16.5. The highest BCUT2D eigenvalue weighted by Gasteiger charge is 2.06. The molecule has 0 heterocycles. The fourth-order valence-corrected chi connectivity index (χ4v) is 17.9. The SMILES string of the molecule is C=CC(=O)OCCCCCCCCCCCCCCCCCCCC.C=CC(=O)OCCCCCCCCCCCCCCCCCCCCC.C=CC(=O)OCCCCCCCCCCCCCCCCCCCCCC.C=CC(=O)OCCCCCCCCCCCCCCCCCCCCCCC.C=CC(=O)OCCCCCCCCCCCCCCCCCCCCCCCC. The normalized spacial score (nSPS) is 10.9. The van der Waals surface area contributed by atoms with E-state index in [0.29, 0.717) is 33.0 Å². The first-order valence-electron chi connectivity index (χ1n) is 60.5. The van der Waals surface area contributed by atoms with Crippen LogP contribution in [0.2, 0.25) is 0 Å². The average Bonchev–Trinajstić information content (AvgIpc) is 1.08. The van der Waals surface area contributed by atoms with Crippen molar-refractivity contribution in [2.75, 3.05) is 33.0 Å². The molecule has 0 fully saturated rings. The van der Waals surface area contributed by atoms with Crippen LogP contribution in [-0.4, -0.2) is 62.9 Å². The summed E-state index contributed by atoms with van der Waals surface area (Å²) < 4.78 is 24.9. The molecule has 0 amide bonds. The number of rotatable bonds is 110. The summed E-state index contributed by atoms with van der Waals surface area (Å²) in [6.45, 7) is 31.1. The lowest BCUT2D eigenvalue weighted by atomic mass is 10.0. The van der Waals surface area contributed by atoms with Crippen molar-refractivity contribution in [1.82, 2.24) is 0 Å². The lowest BCUT2D eigenvalue weighted by molar-refractivity contribution is -0.138. The van der Waals surface area contributed by atoms with Gasteiger partial charge in [-0.3, -0.25) is 0 Å². The van der Waals surface area contributed by atoms with Gasteiger partial charge in [0.2, 0.25) is 0 Å². The van der Waals surface area contributed by atoms with Crippen LogP contribution in [0.4, 0.5) is 0 Å². The smallest absolute Gasteiger partial charge is 0.330 e. The Morgan fingerprint density at radius 2 is 0.178 bits per heavy atom. The van der Waals surface area contributed by atoms with Crippen LogP contribution in [0.25, 0.3) is 0 Å². The van der Waals surface area contributed by atoms with E-state index in [0.717, 1.165) is 32.1 Å². The molecular formula is C125H240O10. The average molecular weight is 1900 g/mol. The summed E-state index contributed by atoms with van der Waals surface area (Å²) in [5.74, 6) is -1.49. The van der Waals surface area contributed by atoms with Gasteiger partial charge in [0.25, 0.3) is 0 Å². The molecule has 0 saturated heterocycles. The van der Waals surface area contributed by atoms with E-state index in [1.807, 2.05) is 0 Å². The Kier molecular flexibility index (Phi) is 141. The molecule has 0 aliphatic rings. The van der Waals surface area contributed by atoms with E-state index in [9.17, 15) is 24.0 Å². The lowest BCUT2D eigenvalue weighted by Gasteiger charge is -2.04. The summed E-state index contributed by atoms with van der Waals surface area (Å²) in [5.41, 5.74) is 0. The van der Waals surface area contributed by atoms with Gasteiger partial charge in [-0.25, -0.2) is 24.0 Å². The van der Waals surface area contributed by atoms with Crippen molar-refractivity contribution in [3.63, 3.8) is 0 Å². The molecule has 0 aromatic heterocycles. The van der Waals surface area contributed by atoms with Gasteiger partial charge in [-0.05, 0) is 32.1 Å². The number of carbonyl (C=O) groups excluding carboxylic acids is 5. The standard InChI is InChI=1S/C27H52O2.C26H50O2.C25H48O2.C24H46O2.C23H44O2/c1-3-5-6-7-8-9-10-11-12-13-14-15-16-17-18-19-20-21-22-23-24-25-26-29-27(28)4-2;1-3-5-6-7-8-9-10-11-12-13-14-15-16-17-18-19-20-21-22-23-24-25-28-26(27)4-2;1-3-5-6-7-8-9-10-11-12-13-14-15-16-17-18-19-20-21-22-23-24-27-25(26)4-2;1-3-5-6-7-8-9-10-11-12-13-14-15-16-17-18-19-20-21-22-23-26-24(25)4-2;1-3-5-6-7-8-9-10-11-12-13-14-15-16-17-18-19-20-21-22-25-23(24)4-2/h4H,2-3,5-26H2,1H3;4H,2-3,5-25H2,1H3;4H,2-3,5-24H2,1H3;4H,2-3,5-23H2,1H3;4H,2-3,5-22H2,1H3. The van der Waals surface area contributed by atoms with Gasteiger partial charge in [0.1, 0.15) is 0 Å². The zero-order valence-electron chi connectivity index (χ0n) is 92.3. The Morgan fingerprint density at radius 3 is 0.237 bits per heavy atom. The largest absolute Gasteiger partial charge is 0.463 e. The van der Waals surface area contributed by atoms with Crippen molar-refractivity contribution in [2.24, 2.45) is 0 Å². The first-order valence-corrected chi connectivity index (χ1v) is 60.5. The summed E-state index contributed by atoms with van der Waals surface area (Å²) in [6.07, 6.45) is 144. The summed E-state index contributed by atoms with van der Waals surface area (Å²) in [5, 5.41) is 0. The van der Waals surface area contributed by atoms with Gasteiger partial charge in [-0.2, -0.15) is 0 Å². The molecule has 0 rings (SSSR count). The second kappa shape index (κ2) is 136. The predicted octanol–water partition coefficient (Wildman–Crippen LogP) is 42.7. The molecule has 0 N–H and O–H groups in total. The van der Waals surface area contributed by atoms with Crippen molar-refractivity contribution in [1.29, 1.82) is 0 Å². The highest BCUT2D eigenvalue weighted by Crippen LogP contribution is 2.23. The quantitative estimate of drug-likeness (QED) is 0.0251. The van der Waals surface area contributed by atoms with Crippen LogP contribution >= 0.6 is 0 Å². The van der Waals surface area contributed by atoms with Gasteiger partial charge >= 0.3 is 29.8 Å². The Bertz CT molecular complexity index is 2280. The van der Waals surface area contributed by atoms with Gasteiger partial charge in [-0.15, -0.1) is 0 Å². The molecule has 0 atom stereocenters. The van der Waals surface area contributed by atoms with Crippen LogP contribution in [0, 0.1) is 0 Å². The first kappa shape index (κ1) is 139. The molecule has 0 aliphatic heterocycles. The van der Waals surface area contributed by atoms with Gasteiger partial charge in [0, 0.05) is 30.4 Å². The third kappa shape index (κ3) is 146. The minimum atomic E-state index is -0.299. The molecule has 0 spiro atoms. The second-order valence-electron chi connectivity index (χ2n) is 40.4. The number of carbonyl (C=O) groups is 5. The number of hydrogen-bond donors (Lipinski definition) is 0. The van der Waals surface area contributed by atoms with Crippen LogP contribution in [0.5, 0.6) is 0 Å². The van der Waals surface area contributed by atoms with Crippen molar-refractivity contribution in [2.45, 2.75) is 677 Å². The van der Waals surface area contributed by atoms with Gasteiger partial charge in [0.05, 0.1) is 33.0 Å². The van der Waals surface area contributed by atoms with E-state index in [1.54, 1.807) is 0 Å². The molecule has 10 heteroatoms. The highest BCUT2D eigenvalue weighted by molar-refractivity contribution is 5.82. The van der Waals surface area contributed by atoms with E-state index in [4.69, 9.17) is 23.7 Å². The minimum Gasteiger partial charge on any atom is -0.463 e. The van der Waals surface area contributed by atoms with E-state index in [-0.39, 0.29) is 29.8 Å². The van der Waals surface area contributed by atoms with E-state index in [2.05, 4.69) is 67.5 Å². The van der Waals surface area contributed by atoms with Crippen LogP contribution in [0.15, 0.2) is 63.3 Å². The molecule has 0 radical (unpaired) electrons. The van der Waals surface area contributed by atoms with Crippen LogP contribution in [-0.2, 0) is 47.7 Å². The molecule has 0 bridgehead atoms. The minimum absolute atomic E-state index is 0.298. The van der Waals surface area contributed by atoms with E-state index >= 15 is 0 Å². The fourth-order valence-electron chi connectivity index (χ4n) is 17.9. The summed E-state index contributed by atoms with van der Waals surface area (Å²) >= 11 is 0. The Morgan fingerprint density at radius 1 is 0.119 bits per heavy atom. The van der Waals surface area contributed by atoms with Gasteiger partial charge < -0.3 is 23.7 Å². The molecule has 0 aromatic rings. The van der Waals surface area contributed by atoms with E-state index in [1.165, 1.54) is 640 Å². The number of hydrogen-bond acceptors (Lipinski definition) is 10. The maximum Gasteiger partial charge on any atom is 0.330 e. The summed E-state index contributed by atoms with van der Waals surface area (Å²) in [7, 11) is 0. The predicted molar refractivity (Wildman–Crippen MR) is 596 cm³/mol. The summed E-state index contributed by atoms with van der Waals surface area (Å²) in [4.78, 5) is 54.4. The lowest BCUT2D eigenvalue weighted by Crippen LogP contribution is -2.01. The monoisotopic (exact) mass is 1900 g/mol. The third-order valence-corrected chi connectivity index (χ3v) is 27.0. The molecule has 0 saturated carbocycles. The Hall–Kier alpha value is -3.95. The number of esters is 5. The molecule has 135 heavy (non-hydrogen) atoms. The second-order valence-corrected chi connectivity index (χ2v) is 40.4. The molecule has 10 nitrogen and oxygen atoms in total. The molecule has 0 aromatic carbocycles. The maximum absolute atomic E-state index is 10.9. The van der Waals surface area contributed by atoms with E-state index < -0.39 is 0 Å². The van der Waals surface area contributed by atoms with Crippen molar-refractivity contribution < 1.29 is 47.7 Å². The number of ether oxygens (including phenoxy) is 5. The zero-order chi connectivity index (χ0) is 99.2. The van der Waals surface area contributed by atoms with Crippen molar-refractivity contribution in [3.05, 3.63) is 63.3 Å². The van der Waals surface area contributed by atoms with Crippen LogP contribution < -0.4 is 0 Å².